The molecule has 1 N–H and O–H groups in total. The number of carboxylic acids is 1. The van der Waals surface area contributed by atoms with E-state index in [1.165, 1.54) is 10.7 Å². The molecule has 0 fully saturated rings. The third-order valence-electron chi connectivity index (χ3n) is 3.49. The van der Waals surface area contributed by atoms with Crippen molar-refractivity contribution in [2.24, 2.45) is 0 Å². The first kappa shape index (κ1) is 14.0. The first-order chi connectivity index (χ1) is 10.5. The summed E-state index contributed by atoms with van der Waals surface area (Å²) in [5, 5.41) is 17.3. The van der Waals surface area contributed by atoms with Crippen molar-refractivity contribution in [2.75, 3.05) is 0 Å². The standard InChI is InChI=1S/C15H13N3O4/c1-8-3-4-11-10(6-13(19)22-12(11)5-8)7-18-9(2)14(15(20)21)16-17-18/h3-6H,7H2,1-2H3,(H,20,21). The van der Waals surface area contributed by atoms with Gasteiger partial charge in [-0.05, 0) is 31.0 Å². The van der Waals surface area contributed by atoms with Crippen molar-refractivity contribution < 1.29 is 14.3 Å². The fourth-order valence-electron chi connectivity index (χ4n) is 2.34. The predicted molar refractivity (Wildman–Crippen MR) is 78.0 cm³/mol. The van der Waals surface area contributed by atoms with Crippen LogP contribution in [0.25, 0.3) is 11.0 Å². The minimum Gasteiger partial charge on any atom is -0.476 e. The molecular weight excluding hydrogens is 286 g/mol. The molecule has 112 valence electrons. The molecule has 0 unspecified atom stereocenters. The van der Waals surface area contributed by atoms with E-state index in [9.17, 15) is 9.59 Å². The Kier molecular flexibility index (Phi) is 3.25. The maximum Gasteiger partial charge on any atom is 0.358 e. The van der Waals surface area contributed by atoms with Gasteiger partial charge in [0.1, 0.15) is 5.58 Å². The second-order valence-electron chi connectivity index (χ2n) is 5.08. The van der Waals surface area contributed by atoms with Crippen LogP contribution in [0.4, 0.5) is 0 Å². The van der Waals surface area contributed by atoms with Gasteiger partial charge in [-0.3, -0.25) is 0 Å². The van der Waals surface area contributed by atoms with E-state index in [0.717, 1.165) is 10.9 Å². The van der Waals surface area contributed by atoms with Crippen molar-refractivity contribution in [3.63, 3.8) is 0 Å². The van der Waals surface area contributed by atoms with Crippen LogP contribution in [-0.4, -0.2) is 26.1 Å². The van der Waals surface area contributed by atoms with Crippen molar-refractivity contribution in [3.05, 3.63) is 57.2 Å². The summed E-state index contributed by atoms with van der Waals surface area (Å²) < 4.78 is 6.66. The van der Waals surface area contributed by atoms with Crippen LogP contribution >= 0.6 is 0 Å². The fraction of sp³-hybridized carbons (Fsp3) is 0.200. The molecule has 7 heteroatoms. The zero-order valence-electron chi connectivity index (χ0n) is 12.0. The van der Waals surface area contributed by atoms with Crippen LogP contribution in [0.3, 0.4) is 0 Å². The molecule has 3 aromatic rings. The maximum absolute atomic E-state index is 11.7. The van der Waals surface area contributed by atoms with Crippen LogP contribution in [0.1, 0.15) is 27.3 Å². The summed E-state index contributed by atoms with van der Waals surface area (Å²) in [6, 6.07) is 6.96. The first-order valence-corrected chi connectivity index (χ1v) is 6.62. The van der Waals surface area contributed by atoms with E-state index in [4.69, 9.17) is 9.52 Å². The lowest BCUT2D eigenvalue weighted by atomic mass is 10.1. The Hall–Kier alpha value is -2.96. The molecule has 0 atom stereocenters. The van der Waals surface area contributed by atoms with E-state index in [1.807, 2.05) is 19.1 Å². The number of aromatic nitrogens is 3. The van der Waals surface area contributed by atoms with Crippen LogP contribution in [0.15, 0.2) is 33.5 Å². The SMILES string of the molecule is Cc1ccc2c(Cn3nnc(C(=O)O)c3C)cc(=O)oc2c1. The van der Waals surface area contributed by atoms with Crippen molar-refractivity contribution >= 4 is 16.9 Å². The fourth-order valence-corrected chi connectivity index (χ4v) is 2.34. The minimum atomic E-state index is -1.13. The van der Waals surface area contributed by atoms with Gasteiger partial charge in [0, 0.05) is 11.5 Å². The van der Waals surface area contributed by atoms with Gasteiger partial charge < -0.3 is 9.52 Å². The average molecular weight is 299 g/mol. The smallest absolute Gasteiger partial charge is 0.358 e. The van der Waals surface area contributed by atoms with Crippen molar-refractivity contribution in [2.45, 2.75) is 20.4 Å². The molecule has 22 heavy (non-hydrogen) atoms. The summed E-state index contributed by atoms with van der Waals surface area (Å²) >= 11 is 0. The maximum atomic E-state index is 11.7. The molecule has 7 nitrogen and oxygen atoms in total. The van der Waals surface area contributed by atoms with E-state index in [2.05, 4.69) is 10.3 Å². The van der Waals surface area contributed by atoms with Crippen molar-refractivity contribution in [1.82, 2.24) is 15.0 Å². The lowest BCUT2D eigenvalue weighted by Gasteiger charge is -2.07. The van der Waals surface area contributed by atoms with E-state index in [1.54, 1.807) is 13.0 Å². The highest BCUT2D eigenvalue weighted by molar-refractivity contribution is 5.86. The Morgan fingerprint density at radius 2 is 2.09 bits per heavy atom. The molecule has 0 aliphatic heterocycles. The zero-order chi connectivity index (χ0) is 15.9. The number of rotatable bonds is 3. The van der Waals surface area contributed by atoms with Crippen LogP contribution in [-0.2, 0) is 6.54 Å². The molecule has 0 bridgehead atoms. The highest BCUT2D eigenvalue weighted by atomic mass is 16.4. The molecule has 3 rings (SSSR count). The molecule has 0 saturated carbocycles. The van der Waals surface area contributed by atoms with Gasteiger partial charge >= 0.3 is 11.6 Å². The number of hydrogen-bond acceptors (Lipinski definition) is 5. The number of nitrogens with zero attached hydrogens (tertiary/aromatic N) is 3. The van der Waals surface area contributed by atoms with Gasteiger partial charge in [-0.25, -0.2) is 14.3 Å². The first-order valence-electron chi connectivity index (χ1n) is 6.62. The summed E-state index contributed by atoms with van der Waals surface area (Å²) in [5.41, 5.74) is 2.07. The Morgan fingerprint density at radius 1 is 1.32 bits per heavy atom. The lowest BCUT2D eigenvalue weighted by molar-refractivity contribution is 0.0689. The lowest BCUT2D eigenvalue weighted by Crippen LogP contribution is -2.09. The molecule has 0 saturated heterocycles. The van der Waals surface area contributed by atoms with Crippen LogP contribution in [0.2, 0.25) is 0 Å². The van der Waals surface area contributed by atoms with E-state index < -0.39 is 11.6 Å². The third-order valence-corrected chi connectivity index (χ3v) is 3.49. The Balaban J connectivity index is 2.11. The molecule has 0 spiro atoms. The Bertz CT molecular complexity index is 940. The minimum absolute atomic E-state index is 0.0943. The summed E-state index contributed by atoms with van der Waals surface area (Å²) in [4.78, 5) is 22.7. The highest BCUT2D eigenvalue weighted by Gasteiger charge is 2.16. The Morgan fingerprint density at radius 3 is 2.77 bits per heavy atom. The van der Waals surface area contributed by atoms with Gasteiger partial charge in [0.05, 0.1) is 12.2 Å². The molecular formula is C15H13N3O4. The molecule has 0 amide bonds. The summed E-state index contributed by atoms with van der Waals surface area (Å²) in [6.45, 7) is 3.78. The number of aryl methyl sites for hydroxylation is 1. The zero-order valence-corrected chi connectivity index (χ0v) is 12.0. The van der Waals surface area contributed by atoms with Gasteiger partial charge in [-0.15, -0.1) is 5.10 Å². The van der Waals surface area contributed by atoms with Crippen LogP contribution < -0.4 is 5.63 Å². The largest absolute Gasteiger partial charge is 0.476 e. The number of carbonyl (C=O) groups is 1. The second-order valence-corrected chi connectivity index (χ2v) is 5.08. The van der Waals surface area contributed by atoms with Gasteiger partial charge in [0.25, 0.3) is 0 Å². The molecule has 1 aromatic carbocycles. The molecule has 0 aliphatic rings. The van der Waals surface area contributed by atoms with Crippen LogP contribution in [0.5, 0.6) is 0 Å². The van der Waals surface area contributed by atoms with Crippen LogP contribution in [0, 0.1) is 13.8 Å². The number of aromatic carboxylic acids is 1. The average Bonchev–Trinajstić information content (AvgIpc) is 2.79. The van der Waals surface area contributed by atoms with Gasteiger partial charge in [0.2, 0.25) is 0 Å². The number of hydrogen-bond donors (Lipinski definition) is 1. The topological polar surface area (TPSA) is 98.2 Å². The third kappa shape index (κ3) is 2.37. The number of fused-ring (bicyclic) bond motifs is 1. The van der Waals surface area contributed by atoms with Gasteiger partial charge in [-0.2, -0.15) is 0 Å². The van der Waals surface area contributed by atoms with Crippen molar-refractivity contribution in [3.8, 4) is 0 Å². The van der Waals surface area contributed by atoms with E-state index >= 15 is 0 Å². The summed E-state index contributed by atoms with van der Waals surface area (Å²) in [5.74, 6) is -1.13. The Labute approximate surface area is 124 Å². The quantitative estimate of drug-likeness (QED) is 0.740. The van der Waals surface area contributed by atoms with Crippen molar-refractivity contribution in [1.29, 1.82) is 0 Å². The second kappa shape index (κ2) is 5.10. The monoisotopic (exact) mass is 299 g/mol. The summed E-state index contributed by atoms with van der Waals surface area (Å²) in [6.07, 6.45) is 0. The molecule has 0 radical (unpaired) electrons. The van der Waals surface area contributed by atoms with E-state index in [0.29, 0.717) is 16.8 Å². The highest BCUT2D eigenvalue weighted by Crippen LogP contribution is 2.19. The van der Waals surface area contributed by atoms with E-state index in [-0.39, 0.29) is 12.2 Å². The normalized spacial score (nSPS) is 11.0. The number of carboxylic acid groups (broad SMARTS) is 1. The van der Waals surface area contributed by atoms with Gasteiger partial charge in [-0.1, -0.05) is 17.3 Å². The predicted octanol–water partition coefficient (Wildman–Crippen LogP) is 1.75. The molecule has 0 aliphatic carbocycles. The van der Waals surface area contributed by atoms with Gasteiger partial charge in [0.15, 0.2) is 5.69 Å². The summed E-state index contributed by atoms with van der Waals surface area (Å²) in [7, 11) is 0. The molecule has 2 aromatic heterocycles. The molecule has 2 heterocycles. The number of benzene rings is 1.